The topological polar surface area (TPSA) is 74.6 Å². The van der Waals surface area contributed by atoms with Crippen LogP contribution in [0.15, 0.2) is 23.8 Å². The third kappa shape index (κ3) is 2.26. The molecule has 4 heteroatoms. The molecule has 4 aliphatic carbocycles. The Morgan fingerprint density at radius 2 is 2.04 bits per heavy atom. The molecule has 2 N–H and O–H groups in total. The number of fused-ring (bicyclic) bond motifs is 5. The Bertz CT molecular complexity index is 677. The molecule has 25 heavy (non-hydrogen) atoms. The first kappa shape index (κ1) is 17.2. The number of aliphatic hydroxyl groups is 2. The van der Waals surface area contributed by atoms with Gasteiger partial charge in [0.05, 0.1) is 6.10 Å². The van der Waals surface area contributed by atoms with Crippen LogP contribution < -0.4 is 0 Å². The molecule has 4 aliphatic rings. The molecule has 0 aromatic heterocycles. The normalized spacial score (nSPS) is 48.4. The maximum absolute atomic E-state index is 12.3. The molecule has 7 atom stereocenters. The van der Waals surface area contributed by atoms with Gasteiger partial charge in [-0.1, -0.05) is 25.5 Å². The number of ketones is 2. The Hall–Kier alpha value is -1.26. The fraction of sp³-hybridized carbons (Fsp3) is 0.714. The van der Waals surface area contributed by atoms with E-state index in [1.54, 1.807) is 12.2 Å². The summed E-state index contributed by atoms with van der Waals surface area (Å²) in [5.74, 6) is 0.734. The fourth-order valence-electron chi connectivity index (χ4n) is 6.96. The van der Waals surface area contributed by atoms with E-state index in [2.05, 4.69) is 13.8 Å². The average molecular weight is 344 g/mol. The van der Waals surface area contributed by atoms with Crippen molar-refractivity contribution < 1.29 is 19.8 Å². The second-order valence-corrected chi connectivity index (χ2v) is 9.05. The van der Waals surface area contributed by atoms with Gasteiger partial charge in [0.15, 0.2) is 11.6 Å². The van der Waals surface area contributed by atoms with E-state index in [4.69, 9.17) is 0 Å². The molecule has 0 spiro atoms. The van der Waals surface area contributed by atoms with Gasteiger partial charge in [0, 0.05) is 17.3 Å². The van der Waals surface area contributed by atoms with E-state index in [1.165, 1.54) is 0 Å². The lowest BCUT2D eigenvalue weighted by atomic mass is 9.46. The molecule has 4 unspecified atom stereocenters. The average Bonchev–Trinajstić information content (AvgIpc) is 2.91. The third-order valence-corrected chi connectivity index (χ3v) is 8.04. The van der Waals surface area contributed by atoms with Crippen molar-refractivity contribution >= 4 is 11.6 Å². The van der Waals surface area contributed by atoms with Crippen LogP contribution >= 0.6 is 0 Å². The number of aliphatic hydroxyl groups excluding tert-OH is 2. The smallest absolute Gasteiger partial charge is 0.178 e. The fourth-order valence-corrected chi connectivity index (χ4v) is 6.96. The largest absolute Gasteiger partial charge is 0.393 e. The molecular formula is C21H28O4. The van der Waals surface area contributed by atoms with Crippen molar-refractivity contribution in [3.63, 3.8) is 0 Å². The van der Waals surface area contributed by atoms with E-state index in [9.17, 15) is 19.8 Å². The third-order valence-electron chi connectivity index (χ3n) is 8.04. The molecule has 3 saturated carbocycles. The monoisotopic (exact) mass is 344 g/mol. The van der Waals surface area contributed by atoms with Crippen molar-refractivity contribution in [2.45, 2.75) is 52.1 Å². The Morgan fingerprint density at radius 1 is 1.28 bits per heavy atom. The lowest BCUT2D eigenvalue weighted by molar-refractivity contribution is -0.141. The number of rotatable bonds is 2. The van der Waals surface area contributed by atoms with E-state index >= 15 is 0 Å². The van der Waals surface area contributed by atoms with Gasteiger partial charge in [-0.2, -0.15) is 0 Å². The van der Waals surface area contributed by atoms with Gasteiger partial charge >= 0.3 is 0 Å². The van der Waals surface area contributed by atoms with Crippen molar-refractivity contribution in [1.29, 1.82) is 0 Å². The molecule has 0 aromatic rings. The van der Waals surface area contributed by atoms with Gasteiger partial charge in [-0.3, -0.25) is 9.59 Å². The van der Waals surface area contributed by atoms with Gasteiger partial charge < -0.3 is 10.2 Å². The second kappa shape index (κ2) is 5.62. The van der Waals surface area contributed by atoms with E-state index in [1.807, 2.05) is 6.08 Å². The molecule has 0 heterocycles. The molecule has 0 saturated heterocycles. The van der Waals surface area contributed by atoms with Crippen molar-refractivity contribution in [2.75, 3.05) is 6.61 Å². The van der Waals surface area contributed by atoms with Gasteiger partial charge in [-0.05, 0) is 61.5 Å². The van der Waals surface area contributed by atoms with Crippen LogP contribution in [-0.4, -0.2) is 34.5 Å². The zero-order valence-corrected chi connectivity index (χ0v) is 15.1. The highest BCUT2D eigenvalue weighted by Gasteiger charge is 2.62. The minimum absolute atomic E-state index is 0.0514. The van der Waals surface area contributed by atoms with Gasteiger partial charge in [0.2, 0.25) is 0 Å². The van der Waals surface area contributed by atoms with E-state index < -0.39 is 12.7 Å². The van der Waals surface area contributed by atoms with Crippen LogP contribution in [0.2, 0.25) is 0 Å². The summed E-state index contributed by atoms with van der Waals surface area (Å²) in [6, 6.07) is 0. The number of hydrogen-bond donors (Lipinski definition) is 2. The SMILES string of the molecule is C[C@]12C=CC(=O)C=C1CCC1C2C(O)C[C@@]2(C)C1CC[C@@H]2C(=O)CO. The molecule has 4 nitrogen and oxygen atoms in total. The summed E-state index contributed by atoms with van der Waals surface area (Å²) >= 11 is 0. The van der Waals surface area contributed by atoms with Crippen LogP contribution in [-0.2, 0) is 9.59 Å². The molecule has 3 fully saturated rings. The minimum atomic E-state index is -0.482. The quantitative estimate of drug-likeness (QED) is 0.807. The first-order chi connectivity index (χ1) is 11.8. The van der Waals surface area contributed by atoms with Crippen molar-refractivity contribution in [3.8, 4) is 0 Å². The molecule has 0 bridgehead atoms. The van der Waals surface area contributed by atoms with E-state index in [-0.39, 0.29) is 34.2 Å². The molecular weight excluding hydrogens is 316 g/mol. The van der Waals surface area contributed by atoms with Crippen LogP contribution in [0.5, 0.6) is 0 Å². The van der Waals surface area contributed by atoms with Crippen molar-refractivity contribution in [1.82, 2.24) is 0 Å². The summed E-state index contributed by atoms with van der Waals surface area (Å²) in [6.07, 6.45) is 9.25. The summed E-state index contributed by atoms with van der Waals surface area (Å²) in [6.45, 7) is 3.92. The van der Waals surface area contributed by atoms with Gasteiger partial charge in [-0.25, -0.2) is 0 Å². The van der Waals surface area contributed by atoms with Crippen LogP contribution in [0.3, 0.4) is 0 Å². The molecule has 0 radical (unpaired) electrons. The Labute approximate surface area is 149 Å². The predicted molar refractivity (Wildman–Crippen MR) is 93.6 cm³/mol. The first-order valence-electron chi connectivity index (χ1n) is 9.57. The zero-order chi connectivity index (χ0) is 18.0. The molecule has 4 rings (SSSR count). The van der Waals surface area contributed by atoms with Crippen LogP contribution in [0.1, 0.15) is 46.0 Å². The Morgan fingerprint density at radius 3 is 2.76 bits per heavy atom. The molecule has 0 aromatic carbocycles. The highest BCUT2D eigenvalue weighted by atomic mass is 16.3. The van der Waals surface area contributed by atoms with Gasteiger partial charge in [-0.15, -0.1) is 0 Å². The predicted octanol–water partition coefficient (Wildman–Crippen LogP) is 2.44. The van der Waals surface area contributed by atoms with Gasteiger partial charge in [0.1, 0.15) is 6.61 Å². The summed E-state index contributed by atoms with van der Waals surface area (Å²) < 4.78 is 0. The minimum Gasteiger partial charge on any atom is -0.393 e. The lowest BCUT2D eigenvalue weighted by Crippen LogP contribution is -2.56. The molecule has 136 valence electrons. The maximum atomic E-state index is 12.3. The highest BCUT2D eigenvalue weighted by molar-refractivity contribution is 6.01. The number of hydrogen-bond acceptors (Lipinski definition) is 4. The number of carbonyl (C=O) groups is 2. The first-order valence-corrected chi connectivity index (χ1v) is 9.57. The Balaban J connectivity index is 1.71. The van der Waals surface area contributed by atoms with Crippen molar-refractivity contribution in [2.24, 2.45) is 34.5 Å². The Kier molecular flexibility index (Phi) is 3.86. The zero-order valence-electron chi connectivity index (χ0n) is 15.1. The van der Waals surface area contributed by atoms with Crippen LogP contribution in [0, 0.1) is 34.5 Å². The highest BCUT2D eigenvalue weighted by Crippen LogP contribution is 2.65. The van der Waals surface area contributed by atoms with E-state index in [0.717, 1.165) is 31.3 Å². The maximum Gasteiger partial charge on any atom is 0.178 e. The molecule has 0 amide bonds. The summed E-state index contributed by atoms with van der Waals surface area (Å²) in [5.41, 5.74) is 0.688. The van der Waals surface area contributed by atoms with Crippen molar-refractivity contribution in [3.05, 3.63) is 23.8 Å². The molecule has 0 aliphatic heterocycles. The van der Waals surface area contributed by atoms with E-state index in [0.29, 0.717) is 18.3 Å². The number of allylic oxidation sites excluding steroid dienone is 4. The number of carbonyl (C=O) groups excluding carboxylic acids is 2. The summed E-state index contributed by atoms with van der Waals surface area (Å²) in [4.78, 5) is 24.1. The van der Waals surface area contributed by atoms with Crippen LogP contribution in [0.4, 0.5) is 0 Å². The second-order valence-electron chi connectivity index (χ2n) is 9.05. The lowest BCUT2D eigenvalue weighted by Gasteiger charge is -2.58. The standard InChI is InChI=1S/C21H28O4/c1-20-8-7-13(23)9-12(20)3-4-14-15-5-6-16(18(25)11-22)21(15,2)10-17(24)19(14)20/h7-9,14-17,19,22,24H,3-6,10-11H2,1-2H3/t14?,15?,16-,17?,19?,20+,21+/m1/s1. The van der Waals surface area contributed by atoms with Gasteiger partial charge in [0.25, 0.3) is 0 Å². The van der Waals surface area contributed by atoms with Crippen LogP contribution in [0.25, 0.3) is 0 Å². The number of Topliss-reactive ketones (excluding diaryl/α,β-unsaturated/α-hetero) is 1. The summed E-state index contributed by atoms with van der Waals surface area (Å²) in [7, 11) is 0. The summed E-state index contributed by atoms with van der Waals surface area (Å²) in [5, 5.41) is 20.5.